The number of sulfonamides is 1. The van der Waals surface area contributed by atoms with Crippen molar-refractivity contribution in [2.45, 2.75) is 16.2 Å². The van der Waals surface area contributed by atoms with Gasteiger partial charge >= 0.3 is 0 Å². The zero-order valence-electron chi connectivity index (χ0n) is 14.8. The van der Waals surface area contributed by atoms with E-state index in [2.05, 4.69) is 9.62 Å². The van der Waals surface area contributed by atoms with Crippen LogP contribution in [0.4, 0.5) is 10.1 Å². The second kappa shape index (κ2) is 7.57. The number of nitrogens with zero attached hydrogens (tertiary/aromatic N) is 1. The van der Waals surface area contributed by atoms with Crippen LogP contribution in [0, 0.1) is 11.7 Å². The van der Waals surface area contributed by atoms with Crippen molar-refractivity contribution < 1.29 is 21.2 Å². The van der Waals surface area contributed by atoms with Crippen LogP contribution in [-0.4, -0.2) is 42.7 Å². The first-order valence-corrected chi connectivity index (χ1v) is 11.8. The van der Waals surface area contributed by atoms with E-state index >= 15 is 0 Å². The number of sulfone groups is 1. The summed E-state index contributed by atoms with van der Waals surface area (Å²) in [5.74, 6) is -0.220. The molecule has 0 saturated carbocycles. The Morgan fingerprint density at radius 3 is 2.30 bits per heavy atom. The zero-order chi connectivity index (χ0) is 19.7. The third-order valence-corrected chi connectivity index (χ3v) is 7.34. The van der Waals surface area contributed by atoms with Crippen LogP contribution < -0.4 is 9.62 Å². The molecule has 1 saturated heterocycles. The van der Waals surface area contributed by atoms with Crippen LogP contribution >= 0.6 is 0 Å². The van der Waals surface area contributed by atoms with Crippen LogP contribution in [0.5, 0.6) is 0 Å². The molecule has 1 atom stereocenters. The Morgan fingerprint density at radius 1 is 1.04 bits per heavy atom. The lowest BCUT2D eigenvalue weighted by molar-refractivity contribution is 0.539. The van der Waals surface area contributed by atoms with Gasteiger partial charge in [-0.1, -0.05) is 12.1 Å². The highest BCUT2D eigenvalue weighted by atomic mass is 32.2. The summed E-state index contributed by atoms with van der Waals surface area (Å²) in [6.07, 6.45) is 1.77. The van der Waals surface area contributed by atoms with Gasteiger partial charge in [0.2, 0.25) is 10.0 Å². The van der Waals surface area contributed by atoms with Gasteiger partial charge in [-0.25, -0.2) is 25.9 Å². The molecule has 3 rings (SSSR count). The van der Waals surface area contributed by atoms with Crippen molar-refractivity contribution in [3.05, 3.63) is 54.3 Å². The van der Waals surface area contributed by atoms with E-state index in [9.17, 15) is 21.2 Å². The minimum Gasteiger partial charge on any atom is -0.371 e. The average molecular weight is 413 g/mol. The van der Waals surface area contributed by atoms with Crippen LogP contribution in [0.3, 0.4) is 0 Å². The fourth-order valence-corrected chi connectivity index (χ4v) is 5.91. The molecule has 9 heteroatoms. The summed E-state index contributed by atoms with van der Waals surface area (Å²) in [7, 11) is -7.61. The number of anilines is 1. The van der Waals surface area contributed by atoms with Gasteiger partial charge in [0.25, 0.3) is 0 Å². The van der Waals surface area contributed by atoms with Crippen LogP contribution in [0.1, 0.15) is 6.42 Å². The quantitative estimate of drug-likeness (QED) is 0.785. The minimum atomic E-state index is -3.95. The number of nitrogens with one attached hydrogen (secondary N) is 1. The van der Waals surface area contributed by atoms with Crippen LogP contribution in [-0.2, 0) is 19.9 Å². The minimum absolute atomic E-state index is 0.0789. The number of halogens is 1. The lowest BCUT2D eigenvalue weighted by Crippen LogP contribution is -2.31. The Kier molecular flexibility index (Phi) is 5.55. The molecule has 6 nitrogen and oxygen atoms in total. The molecule has 2 aromatic rings. The maximum absolute atomic E-state index is 13.0. The highest BCUT2D eigenvalue weighted by Crippen LogP contribution is 2.25. The second-order valence-electron chi connectivity index (χ2n) is 6.65. The van der Waals surface area contributed by atoms with E-state index in [0.29, 0.717) is 6.54 Å². The van der Waals surface area contributed by atoms with Gasteiger partial charge in [-0.15, -0.1) is 0 Å². The molecule has 1 aliphatic heterocycles. The summed E-state index contributed by atoms with van der Waals surface area (Å²) in [6.45, 7) is 1.60. The molecule has 1 N–H and O–H groups in total. The predicted octanol–water partition coefficient (Wildman–Crippen LogP) is 2.03. The molecule has 0 spiro atoms. The largest absolute Gasteiger partial charge is 0.371 e. The van der Waals surface area contributed by atoms with Crippen molar-refractivity contribution >= 4 is 25.5 Å². The van der Waals surface area contributed by atoms with Gasteiger partial charge in [-0.05, 0) is 48.7 Å². The molecular weight excluding hydrogens is 391 g/mol. The topological polar surface area (TPSA) is 83.5 Å². The van der Waals surface area contributed by atoms with Crippen LogP contribution in [0.2, 0.25) is 0 Å². The van der Waals surface area contributed by atoms with Gasteiger partial charge in [-0.3, -0.25) is 0 Å². The smallest absolute Gasteiger partial charge is 0.241 e. The van der Waals surface area contributed by atoms with E-state index in [1.165, 1.54) is 36.4 Å². The van der Waals surface area contributed by atoms with E-state index in [1.807, 2.05) is 0 Å². The summed E-state index contributed by atoms with van der Waals surface area (Å²) >= 11 is 0. The van der Waals surface area contributed by atoms with Crippen molar-refractivity contribution in [1.82, 2.24) is 4.72 Å². The summed E-state index contributed by atoms with van der Waals surface area (Å²) < 4.78 is 64.5. The molecule has 1 unspecified atom stereocenters. The van der Waals surface area contributed by atoms with Crippen molar-refractivity contribution in [2.75, 3.05) is 30.8 Å². The maximum atomic E-state index is 13.0. The van der Waals surface area contributed by atoms with E-state index < -0.39 is 19.9 Å². The number of hydrogen-bond donors (Lipinski definition) is 1. The summed E-state index contributed by atoms with van der Waals surface area (Å²) in [4.78, 5) is 1.63. The van der Waals surface area contributed by atoms with Gasteiger partial charge in [0.1, 0.15) is 10.7 Å². The lowest BCUT2D eigenvalue weighted by Gasteiger charge is -2.19. The van der Waals surface area contributed by atoms with Crippen LogP contribution in [0.25, 0.3) is 0 Å². The molecule has 1 aliphatic rings. The Balaban J connectivity index is 1.68. The molecule has 0 aliphatic carbocycles. The molecule has 1 fully saturated rings. The molecule has 146 valence electrons. The average Bonchev–Trinajstić information content (AvgIpc) is 3.09. The Hall–Kier alpha value is -1.97. The summed E-state index contributed by atoms with van der Waals surface area (Å²) in [5, 5.41) is 0. The van der Waals surface area contributed by atoms with Gasteiger partial charge < -0.3 is 4.90 Å². The lowest BCUT2D eigenvalue weighted by atomic mass is 10.1. The molecule has 27 heavy (non-hydrogen) atoms. The fourth-order valence-electron chi connectivity index (χ4n) is 3.17. The fraction of sp³-hybridized carbons (Fsp3) is 0.333. The SMILES string of the molecule is CS(=O)(=O)c1ccccc1S(=O)(=O)NCC1CCN(c2ccc(F)cc2)C1. The highest BCUT2D eigenvalue weighted by Gasteiger charge is 2.27. The third kappa shape index (κ3) is 4.66. The first-order valence-electron chi connectivity index (χ1n) is 8.46. The first kappa shape index (κ1) is 19.8. The molecule has 0 aromatic heterocycles. The van der Waals surface area contributed by atoms with Crippen molar-refractivity contribution in [1.29, 1.82) is 0 Å². The van der Waals surface area contributed by atoms with Gasteiger partial charge in [0, 0.05) is 31.6 Å². The normalized spacial score (nSPS) is 18.0. The number of benzene rings is 2. The predicted molar refractivity (Wildman–Crippen MR) is 101 cm³/mol. The molecule has 0 radical (unpaired) electrons. The van der Waals surface area contributed by atoms with Gasteiger partial charge in [-0.2, -0.15) is 0 Å². The molecular formula is C18H21FN2O4S2. The summed E-state index contributed by atoms with van der Waals surface area (Å²) in [6, 6.07) is 11.8. The van der Waals surface area contributed by atoms with Gasteiger partial charge in [0.15, 0.2) is 9.84 Å². The number of hydrogen-bond acceptors (Lipinski definition) is 5. The van der Waals surface area contributed by atoms with Crippen molar-refractivity contribution in [2.24, 2.45) is 5.92 Å². The first-order chi connectivity index (χ1) is 12.7. The molecule has 0 bridgehead atoms. The van der Waals surface area contributed by atoms with E-state index in [4.69, 9.17) is 0 Å². The monoisotopic (exact) mass is 412 g/mol. The highest BCUT2D eigenvalue weighted by molar-refractivity contribution is 7.93. The van der Waals surface area contributed by atoms with E-state index in [-0.39, 0.29) is 28.1 Å². The number of rotatable bonds is 6. The second-order valence-corrected chi connectivity index (χ2v) is 10.4. The Morgan fingerprint density at radius 2 is 1.67 bits per heavy atom. The van der Waals surface area contributed by atoms with E-state index in [0.717, 1.165) is 24.9 Å². The van der Waals surface area contributed by atoms with Gasteiger partial charge in [0.05, 0.1) is 4.90 Å². The van der Waals surface area contributed by atoms with Crippen LogP contribution in [0.15, 0.2) is 58.3 Å². The molecule has 2 aromatic carbocycles. The van der Waals surface area contributed by atoms with Crippen molar-refractivity contribution in [3.63, 3.8) is 0 Å². The third-order valence-electron chi connectivity index (χ3n) is 4.58. The molecule has 1 heterocycles. The molecule has 0 amide bonds. The zero-order valence-corrected chi connectivity index (χ0v) is 16.4. The van der Waals surface area contributed by atoms with E-state index in [1.54, 1.807) is 12.1 Å². The summed E-state index contributed by atoms with van der Waals surface area (Å²) in [5.41, 5.74) is 0.893. The Bertz CT molecular complexity index is 1020. The van der Waals surface area contributed by atoms with Crippen molar-refractivity contribution in [3.8, 4) is 0 Å². The standard InChI is InChI=1S/C18H21FN2O4S2/c1-26(22,23)17-4-2-3-5-18(17)27(24,25)20-12-14-10-11-21(13-14)16-8-6-15(19)7-9-16/h2-9,14,20H,10-13H2,1H3. The Labute approximate surface area is 159 Å². The maximum Gasteiger partial charge on any atom is 0.241 e.